The molecule has 2 aromatic heterocycles. The molecule has 3 heterocycles. The second kappa shape index (κ2) is 12.0. The smallest absolute Gasteiger partial charge is 0.323 e. The first-order valence-corrected chi connectivity index (χ1v) is 13.3. The van der Waals surface area contributed by atoms with Crippen molar-refractivity contribution in [2.24, 2.45) is 11.7 Å². The van der Waals surface area contributed by atoms with E-state index in [-0.39, 0.29) is 12.5 Å². The minimum atomic E-state index is -1.51. The summed E-state index contributed by atoms with van der Waals surface area (Å²) in [5, 5.41) is 33.0. The number of aliphatic hydroxyl groups excluding tert-OH is 3. The number of ether oxygens (including phenoxy) is 2. The van der Waals surface area contributed by atoms with Crippen molar-refractivity contribution in [3.63, 3.8) is 0 Å². The Morgan fingerprint density at radius 3 is 2.73 bits per heavy atom. The average Bonchev–Trinajstić information content (AvgIpc) is 3.59. The van der Waals surface area contributed by atoms with Gasteiger partial charge < -0.3 is 34.9 Å². The fraction of sp³-hybridized carbons (Fsp3) is 0.462. The van der Waals surface area contributed by atoms with Crippen molar-refractivity contribution in [1.82, 2.24) is 4.98 Å². The summed E-state index contributed by atoms with van der Waals surface area (Å²) in [5.41, 5.74) is 7.22. The van der Waals surface area contributed by atoms with Crippen molar-refractivity contribution in [2.45, 2.75) is 63.3 Å². The van der Waals surface area contributed by atoms with Gasteiger partial charge in [0, 0.05) is 17.6 Å². The first kappa shape index (κ1) is 27.7. The number of aliphatic hydroxyl groups is 3. The van der Waals surface area contributed by atoms with Crippen LogP contribution in [0.5, 0.6) is 0 Å². The second-order valence-corrected chi connectivity index (χ2v) is 10.8. The van der Waals surface area contributed by atoms with Gasteiger partial charge in [-0.2, -0.15) is 0 Å². The molecule has 200 valence electrons. The molecule has 1 fully saturated rings. The number of esters is 1. The Kier molecular flexibility index (Phi) is 9.02. The second-order valence-electron chi connectivity index (χ2n) is 9.23. The molecule has 7 atom stereocenters. The number of nitrogens with two attached hydrogens (primary N) is 1. The molecule has 9 nitrogen and oxygen atoms in total. The molecule has 0 amide bonds. The number of halogens is 1. The van der Waals surface area contributed by atoms with Crippen LogP contribution in [0.15, 0.2) is 47.2 Å². The molecular weight excluding hydrogens is 520 g/mol. The number of thiazole rings is 1. The maximum absolute atomic E-state index is 12.3. The van der Waals surface area contributed by atoms with Gasteiger partial charge in [0.25, 0.3) is 0 Å². The van der Waals surface area contributed by atoms with E-state index in [9.17, 15) is 20.1 Å². The SMILES string of the molecule is CCC(C)C(N)C(=O)OC[C@@H]1O[C@@H](c2ccc(Cl)c(Cc3ncc(-c4ccco4)s3)c2)[C@@H](O)[C@H](O)[C@@H]1O. The van der Waals surface area contributed by atoms with Gasteiger partial charge in [-0.15, -0.1) is 11.3 Å². The van der Waals surface area contributed by atoms with Crippen molar-refractivity contribution in [2.75, 3.05) is 6.61 Å². The summed E-state index contributed by atoms with van der Waals surface area (Å²) >= 11 is 7.93. The van der Waals surface area contributed by atoms with E-state index in [1.165, 1.54) is 11.3 Å². The zero-order chi connectivity index (χ0) is 26.7. The van der Waals surface area contributed by atoms with Crippen molar-refractivity contribution in [1.29, 1.82) is 0 Å². The average molecular weight is 551 g/mol. The minimum absolute atomic E-state index is 0.0784. The van der Waals surface area contributed by atoms with Crippen LogP contribution in [-0.2, 0) is 20.7 Å². The first-order chi connectivity index (χ1) is 17.7. The molecule has 5 N–H and O–H groups in total. The van der Waals surface area contributed by atoms with E-state index in [4.69, 9.17) is 31.2 Å². The lowest BCUT2D eigenvalue weighted by Crippen LogP contribution is -2.56. The van der Waals surface area contributed by atoms with E-state index in [0.717, 1.165) is 21.2 Å². The Labute approximate surface area is 223 Å². The maximum atomic E-state index is 12.3. The number of hydrogen-bond acceptors (Lipinski definition) is 10. The Morgan fingerprint density at radius 1 is 1.24 bits per heavy atom. The number of carbonyl (C=O) groups excluding carboxylic acids is 1. The van der Waals surface area contributed by atoms with Crippen LogP contribution in [0.2, 0.25) is 5.02 Å². The third-order valence-electron chi connectivity index (χ3n) is 6.69. The summed E-state index contributed by atoms with van der Waals surface area (Å²) in [6.07, 6.45) is -1.96. The highest BCUT2D eigenvalue weighted by Gasteiger charge is 2.45. The van der Waals surface area contributed by atoms with Gasteiger partial charge >= 0.3 is 5.97 Å². The van der Waals surface area contributed by atoms with Gasteiger partial charge in [0.15, 0.2) is 0 Å². The molecule has 4 rings (SSSR count). The van der Waals surface area contributed by atoms with Crippen LogP contribution in [0.1, 0.15) is 42.5 Å². The molecule has 0 bridgehead atoms. The molecule has 1 aliphatic rings. The van der Waals surface area contributed by atoms with Gasteiger partial charge in [-0.3, -0.25) is 4.79 Å². The highest BCUT2D eigenvalue weighted by Crippen LogP contribution is 2.35. The Bertz CT molecular complexity index is 1190. The predicted octanol–water partition coefficient (Wildman–Crippen LogP) is 3.09. The number of carbonyl (C=O) groups is 1. The van der Waals surface area contributed by atoms with Gasteiger partial charge in [0.1, 0.15) is 48.9 Å². The summed E-state index contributed by atoms with van der Waals surface area (Å²) in [7, 11) is 0. The van der Waals surface area contributed by atoms with Crippen LogP contribution in [0, 0.1) is 5.92 Å². The lowest BCUT2D eigenvalue weighted by Gasteiger charge is -2.40. The van der Waals surface area contributed by atoms with Gasteiger partial charge in [0.05, 0.1) is 16.1 Å². The molecule has 0 radical (unpaired) electrons. The van der Waals surface area contributed by atoms with Crippen LogP contribution in [-0.4, -0.2) is 63.3 Å². The predicted molar refractivity (Wildman–Crippen MR) is 138 cm³/mol. The van der Waals surface area contributed by atoms with E-state index in [1.807, 2.05) is 26.0 Å². The van der Waals surface area contributed by atoms with Gasteiger partial charge in [-0.1, -0.05) is 44.0 Å². The largest absolute Gasteiger partial charge is 0.463 e. The maximum Gasteiger partial charge on any atom is 0.323 e. The van der Waals surface area contributed by atoms with Crippen LogP contribution in [0.4, 0.5) is 0 Å². The summed E-state index contributed by atoms with van der Waals surface area (Å²) in [4.78, 5) is 17.7. The molecule has 1 saturated heterocycles. The first-order valence-electron chi connectivity index (χ1n) is 12.1. The highest BCUT2D eigenvalue weighted by molar-refractivity contribution is 7.15. The molecule has 2 unspecified atom stereocenters. The van der Waals surface area contributed by atoms with E-state index >= 15 is 0 Å². The van der Waals surface area contributed by atoms with E-state index in [0.29, 0.717) is 23.4 Å². The highest BCUT2D eigenvalue weighted by atomic mass is 35.5. The molecule has 37 heavy (non-hydrogen) atoms. The molecule has 1 aromatic carbocycles. The van der Waals surface area contributed by atoms with Crippen molar-refractivity contribution < 1.29 is 34.0 Å². The quantitative estimate of drug-likeness (QED) is 0.295. The number of aromatic nitrogens is 1. The fourth-order valence-electron chi connectivity index (χ4n) is 4.11. The molecule has 1 aliphatic heterocycles. The fourth-order valence-corrected chi connectivity index (χ4v) is 5.20. The van der Waals surface area contributed by atoms with Gasteiger partial charge in [0.2, 0.25) is 0 Å². The lowest BCUT2D eigenvalue weighted by molar-refractivity contribution is -0.234. The minimum Gasteiger partial charge on any atom is -0.463 e. The molecule has 3 aromatic rings. The zero-order valence-corrected chi connectivity index (χ0v) is 22.1. The zero-order valence-electron chi connectivity index (χ0n) is 20.5. The normalized spacial score (nSPS) is 25.5. The van der Waals surface area contributed by atoms with Crippen LogP contribution in [0.3, 0.4) is 0 Å². The van der Waals surface area contributed by atoms with Crippen LogP contribution < -0.4 is 5.73 Å². The van der Waals surface area contributed by atoms with Crippen molar-refractivity contribution in [3.8, 4) is 10.6 Å². The third-order valence-corrected chi connectivity index (χ3v) is 8.07. The Hall–Kier alpha value is -2.31. The molecular formula is C26H31ClN2O7S. The van der Waals surface area contributed by atoms with Crippen LogP contribution >= 0.6 is 22.9 Å². The third kappa shape index (κ3) is 6.23. The molecule has 0 aliphatic carbocycles. The summed E-state index contributed by atoms with van der Waals surface area (Å²) in [5.74, 6) is 0.0329. The van der Waals surface area contributed by atoms with E-state index < -0.39 is 42.5 Å². The molecule has 11 heteroatoms. The van der Waals surface area contributed by atoms with Gasteiger partial charge in [-0.25, -0.2) is 4.98 Å². The topological polar surface area (TPSA) is 148 Å². The lowest BCUT2D eigenvalue weighted by atomic mass is 9.90. The van der Waals surface area contributed by atoms with Gasteiger partial charge in [-0.05, 0) is 35.2 Å². The number of benzene rings is 1. The summed E-state index contributed by atoms with van der Waals surface area (Å²) in [6.45, 7) is 3.44. The monoisotopic (exact) mass is 550 g/mol. The van der Waals surface area contributed by atoms with E-state index in [1.54, 1.807) is 30.7 Å². The standard InChI is InChI=1S/C26H31ClN2O7S/c1-3-13(2)21(28)26(33)35-12-18-22(30)23(31)24(32)25(36-18)14-6-7-16(27)15(9-14)10-20-29-11-19(37-20)17-5-4-8-34-17/h4-9,11,13,18,21-25,30-32H,3,10,12,28H2,1-2H3/t13?,18-,21?,22+,23+,24-,25-/m0/s1. The number of furan rings is 1. The summed E-state index contributed by atoms with van der Waals surface area (Å²) in [6, 6.07) is 8.00. The van der Waals surface area contributed by atoms with Crippen LogP contribution in [0.25, 0.3) is 10.6 Å². The number of nitrogens with zero attached hydrogens (tertiary/aromatic N) is 1. The molecule has 0 saturated carbocycles. The van der Waals surface area contributed by atoms with Crippen molar-refractivity contribution >= 4 is 28.9 Å². The molecule has 0 spiro atoms. The number of hydrogen-bond donors (Lipinski definition) is 4. The van der Waals surface area contributed by atoms with Crippen molar-refractivity contribution in [3.05, 3.63) is 63.9 Å². The van der Waals surface area contributed by atoms with E-state index in [2.05, 4.69) is 4.98 Å². The Morgan fingerprint density at radius 2 is 2.03 bits per heavy atom. The summed E-state index contributed by atoms with van der Waals surface area (Å²) < 4.78 is 16.6. The Balaban J connectivity index is 1.49. The number of rotatable bonds is 9.